The summed E-state index contributed by atoms with van der Waals surface area (Å²) in [6.07, 6.45) is 1.89. The Hall–Kier alpha value is -0.700. The first-order valence-electron chi connectivity index (χ1n) is 5.75. The van der Waals surface area contributed by atoms with Crippen molar-refractivity contribution in [1.82, 2.24) is 0 Å². The Labute approximate surface area is 144 Å². The molecule has 0 aromatic heterocycles. The summed E-state index contributed by atoms with van der Waals surface area (Å²) in [4.78, 5) is 0.870. The van der Waals surface area contributed by atoms with Crippen molar-refractivity contribution in [3.8, 4) is 0 Å². The predicted molar refractivity (Wildman–Crippen MR) is 95.3 cm³/mol. The molecule has 21 heavy (non-hydrogen) atoms. The standard InChI is InChI=1S/C13H12Br2N2O2S2/c1-20-12-5-3-2-4-11(12)17-21(18,19)13-9(15)6-8(14)7-10(13)16/h2-7,17H,16H2,1H3. The van der Waals surface area contributed by atoms with Crippen LogP contribution in [0, 0.1) is 0 Å². The first-order valence-corrected chi connectivity index (χ1v) is 10.0. The normalized spacial score (nSPS) is 11.4. The number of benzene rings is 2. The Morgan fingerprint density at radius 3 is 2.48 bits per heavy atom. The minimum Gasteiger partial charge on any atom is -0.398 e. The molecule has 0 fully saturated rings. The highest BCUT2D eigenvalue weighted by Gasteiger charge is 2.22. The van der Waals surface area contributed by atoms with Crippen molar-refractivity contribution in [3.63, 3.8) is 0 Å². The second-order valence-electron chi connectivity index (χ2n) is 4.11. The molecule has 112 valence electrons. The summed E-state index contributed by atoms with van der Waals surface area (Å²) >= 11 is 7.99. The van der Waals surface area contributed by atoms with Crippen LogP contribution in [0.25, 0.3) is 0 Å². The van der Waals surface area contributed by atoms with Gasteiger partial charge in [0.1, 0.15) is 4.90 Å². The van der Waals surface area contributed by atoms with Gasteiger partial charge in [0, 0.05) is 13.8 Å². The average Bonchev–Trinajstić information content (AvgIpc) is 2.37. The molecule has 0 heterocycles. The summed E-state index contributed by atoms with van der Waals surface area (Å²) in [5.74, 6) is 0. The lowest BCUT2D eigenvalue weighted by Gasteiger charge is -2.14. The summed E-state index contributed by atoms with van der Waals surface area (Å²) in [7, 11) is -3.78. The molecule has 0 spiro atoms. The average molecular weight is 452 g/mol. The van der Waals surface area contributed by atoms with E-state index in [9.17, 15) is 8.42 Å². The van der Waals surface area contributed by atoms with Crippen LogP contribution in [0.5, 0.6) is 0 Å². The Kier molecular flexibility index (Phi) is 5.24. The number of nitrogens with one attached hydrogen (secondary N) is 1. The van der Waals surface area contributed by atoms with E-state index in [-0.39, 0.29) is 10.6 Å². The number of hydrogen-bond acceptors (Lipinski definition) is 4. The van der Waals surface area contributed by atoms with E-state index in [0.29, 0.717) is 14.6 Å². The molecule has 3 N–H and O–H groups in total. The summed E-state index contributed by atoms with van der Waals surface area (Å²) in [5, 5.41) is 0. The molecule has 2 aromatic carbocycles. The van der Waals surface area contributed by atoms with Crippen molar-refractivity contribution in [1.29, 1.82) is 0 Å². The number of para-hydroxylation sites is 1. The zero-order valence-electron chi connectivity index (χ0n) is 10.9. The van der Waals surface area contributed by atoms with Gasteiger partial charge in [0.15, 0.2) is 0 Å². The van der Waals surface area contributed by atoms with Gasteiger partial charge in [0.05, 0.1) is 11.4 Å². The monoisotopic (exact) mass is 450 g/mol. The van der Waals surface area contributed by atoms with Crippen molar-refractivity contribution < 1.29 is 8.42 Å². The number of sulfonamides is 1. The summed E-state index contributed by atoms with van der Waals surface area (Å²) < 4.78 is 28.8. The van der Waals surface area contributed by atoms with E-state index >= 15 is 0 Å². The summed E-state index contributed by atoms with van der Waals surface area (Å²) in [6, 6.07) is 10.4. The topological polar surface area (TPSA) is 72.2 Å². The highest BCUT2D eigenvalue weighted by Crippen LogP contribution is 2.34. The van der Waals surface area contributed by atoms with E-state index < -0.39 is 10.0 Å². The Morgan fingerprint density at radius 2 is 1.86 bits per heavy atom. The SMILES string of the molecule is CSc1ccccc1NS(=O)(=O)c1c(N)cc(Br)cc1Br. The van der Waals surface area contributed by atoms with Crippen molar-refractivity contribution in [3.05, 3.63) is 45.3 Å². The first-order chi connectivity index (χ1) is 9.85. The zero-order valence-corrected chi connectivity index (χ0v) is 15.7. The van der Waals surface area contributed by atoms with Gasteiger partial charge in [0.2, 0.25) is 0 Å². The maximum absolute atomic E-state index is 12.6. The van der Waals surface area contributed by atoms with Gasteiger partial charge in [-0.25, -0.2) is 8.42 Å². The zero-order chi connectivity index (χ0) is 15.6. The fraction of sp³-hybridized carbons (Fsp3) is 0.0769. The predicted octanol–water partition coefficient (Wildman–Crippen LogP) is 4.32. The third-order valence-electron chi connectivity index (χ3n) is 2.66. The van der Waals surface area contributed by atoms with Gasteiger partial charge in [-0.05, 0) is 46.5 Å². The van der Waals surface area contributed by atoms with Crippen LogP contribution < -0.4 is 10.5 Å². The second kappa shape index (κ2) is 6.60. The molecule has 4 nitrogen and oxygen atoms in total. The number of nitrogen functional groups attached to an aromatic ring is 1. The number of halogens is 2. The largest absolute Gasteiger partial charge is 0.398 e. The van der Waals surface area contributed by atoms with Crippen LogP contribution in [0.3, 0.4) is 0 Å². The van der Waals surface area contributed by atoms with Gasteiger partial charge in [0.25, 0.3) is 10.0 Å². The molecule has 0 amide bonds. The number of thioether (sulfide) groups is 1. The summed E-state index contributed by atoms with van der Waals surface area (Å²) in [6.45, 7) is 0. The lowest BCUT2D eigenvalue weighted by Crippen LogP contribution is -2.16. The highest BCUT2D eigenvalue weighted by molar-refractivity contribution is 9.11. The van der Waals surface area contributed by atoms with Crippen LogP contribution in [-0.4, -0.2) is 14.7 Å². The third kappa shape index (κ3) is 3.74. The van der Waals surface area contributed by atoms with E-state index in [0.717, 1.165) is 4.90 Å². The molecule has 2 aromatic rings. The maximum Gasteiger partial charge on any atom is 0.265 e. The van der Waals surface area contributed by atoms with Crippen LogP contribution in [0.4, 0.5) is 11.4 Å². The fourth-order valence-corrected chi connectivity index (χ4v) is 5.56. The highest BCUT2D eigenvalue weighted by atomic mass is 79.9. The lowest BCUT2D eigenvalue weighted by molar-refractivity contribution is 0.601. The first kappa shape index (κ1) is 16.7. The molecule has 0 aliphatic heterocycles. The van der Waals surface area contributed by atoms with Crippen LogP contribution in [0.15, 0.2) is 55.1 Å². The molecule has 0 bridgehead atoms. The van der Waals surface area contributed by atoms with Crippen molar-refractivity contribution in [2.45, 2.75) is 9.79 Å². The number of nitrogens with two attached hydrogens (primary N) is 1. The molecular weight excluding hydrogens is 440 g/mol. The molecule has 0 aliphatic carbocycles. The minimum atomic E-state index is -3.78. The molecule has 2 rings (SSSR count). The summed E-state index contributed by atoms with van der Waals surface area (Å²) in [5.41, 5.74) is 6.55. The fourth-order valence-electron chi connectivity index (χ4n) is 1.79. The van der Waals surface area contributed by atoms with Gasteiger partial charge >= 0.3 is 0 Å². The van der Waals surface area contributed by atoms with E-state index in [1.54, 1.807) is 24.3 Å². The van der Waals surface area contributed by atoms with Crippen LogP contribution >= 0.6 is 43.6 Å². The Bertz CT molecular complexity index is 756. The number of anilines is 2. The quantitative estimate of drug-likeness (QED) is 0.536. The van der Waals surface area contributed by atoms with Crippen molar-refractivity contribution in [2.75, 3.05) is 16.7 Å². The minimum absolute atomic E-state index is 0.0293. The smallest absolute Gasteiger partial charge is 0.265 e. The van der Waals surface area contributed by atoms with Crippen molar-refractivity contribution in [2.24, 2.45) is 0 Å². The van der Waals surface area contributed by atoms with Crippen LogP contribution in [-0.2, 0) is 10.0 Å². The lowest BCUT2D eigenvalue weighted by atomic mass is 10.3. The van der Waals surface area contributed by atoms with E-state index in [2.05, 4.69) is 36.6 Å². The van der Waals surface area contributed by atoms with Crippen LogP contribution in [0.2, 0.25) is 0 Å². The number of hydrogen-bond donors (Lipinski definition) is 2. The van der Waals surface area contributed by atoms with E-state index in [1.807, 2.05) is 18.4 Å². The third-order valence-corrected chi connectivity index (χ3v) is 6.28. The van der Waals surface area contributed by atoms with Gasteiger partial charge in [-0.1, -0.05) is 28.1 Å². The number of rotatable bonds is 4. The van der Waals surface area contributed by atoms with Gasteiger partial charge in [-0.3, -0.25) is 4.72 Å². The molecule has 8 heteroatoms. The molecule has 0 unspecified atom stereocenters. The van der Waals surface area contributed by atoms with Crippen molar-refractivity contribution >= 4 is 65.0 Å². The molecule has 0 aliphatic rings. The Balaban J connectivity index is 2.49. The van der Waals surface area contributed by atoms with E-state index in [4.69, 9.17) is 5.73 Å². The molecular formula is C13H12Br2N2O2S2. The van der Waals surface area contributed by atoms with E-state index in [1.165, 1.54) is 11.8 Å². The molecule has 0 saturated carbocycles. The molecule has 0 radical (unpaired) electrons. The van der Waals surface area contributed by atoms with Gasteiger partial charge in [-0.2, -0.15) is 0 Å². The second-order valence-corrected chi connectivity index (χ2v) is 8.35. The molecule has 0 saturated heterocycles. The van der Waals surface area contributed by atoms with Crippen LogP contribution in [0.1, 0.15) is 0 Å². The van der Waals surface area contributed by atoms with Gasteiger partial charge < -0.3 is 5.73 Å². The Morgan fingerprint density at radius 1 is 1.19 bits per heavy atom. The van der Waals surface area contributed by atoms with Gasteiger partial charge in [-0.15, -0.1) is 11.8 Å². The molecule has 0 atom stereocenters. The maximum atomic E-state index is 12.6.